The molecule has 1 amide bonds. The van der Waals surface area contributed by atoms with Gasteiger partial charge in [0.05, 0.1) is 18.9 Å². The third-order valence-electron chi connectivity index (χ3n) is 3.68. The van der Waals surface area contributed by atoms with Crippen molar-refractivity contribution >= 4 is 17.8 Å². The zero-order chi connectivity index (χ0) is 13.3. The van der Waals surface area contributed by atoms with Crippen LogP contribution in [0.5, 0.6) is 0 Å². The van der Waals surface area contributed by atoms with Crippen LogP contribution in [0, 0.1) is 11.8 Å². The Balaban J connectivity index is 2.03. The molecule has 1 heterocycles. The van der Waals surface area contributed by atoms with Gasteiger partial charge in [-0.25, -0.2) is 4.79 Å². The summed E-state index contributed by atoms with van der Waals surface area (Å²) in [5.74, 6) is -2.57. The normalized spacial score (nSPS) is 30.7. The van der Waals surface area contributed by atoms with Gasteiger partial charge < -0.3 is 14.7 Å². The Morgan fingerprint density at radius 1 is 1.22 bits per heavy atom. The number of carboxylic acids is 1. The van der Waals surface area contributed by atoms with E-state index in [-0.39, 0.29) is 5.91 Å². The fourth-order valence-corrected chi connectivity index (χ4v) is 2.53. The van der Waals surface area contributed by atoms with Crippen molar-refractivity contribution in [3.63, 3.8) is 0 Å². The zero-order valence-electron chi connectivity index (χ0n) is 10.3. The van der Waals surface area contributed by atoms with E-state index in [1.54, 1.807) is 0 Å². The van der Waals surface area contributed by atoms with E-state index >= 15 is 0 Å². The van der Waals surface area contributed by atoms with E-state index in [1.165, 1.54) is 12.0 Å². The molecular weight excluding hydrogens is 238 g/mol. The monoisotopic (exact) mass is 255 g/mol. The second kappa shape index (κ2) is 4.96. The van der Waals surface area contributed by atoms with Crippen molar-refractivity contribution in [2.75, 3.05) is 13.7 Å². The summed E-state index contributed by atoms with van der Waals surface area (Å²) in [7, 11) is 1.30. The van der Waals surface area contributed by atoms with Gasteiger partial charge in [0.2, 0.25) is 5.91 Å². The number of hydrogen-bond acceptors (Lipinski definition) is 4. The van der Waals surface area contributed by atoms with E-state index in [9.17, 15) is 14.4 Å². The molecule has 6 nitrogen and oxygen atoms in total. The SMILES string of the molecule is COC(=O)C1CCCCN1C(=O)C1CC1C(=O)O. The molecule has 0 bridgehead atoms. The van der Waals surface area contributed by atoms with E-state index in [1.807, 2.05) is 0 Å². The number of nitrogens with zero attached hydrogens (tertiary/aromatic N) is 1. The lowest BCUT2D eigenvalue weighted by Crippen LogP contribution is -2.49. The van der Waals surface area contributed by atoms with Crippen LogP contribution < -0.4 is 0 Å². The van der Waals surface area contributed by atoms with E-state index in [0.717, 1.165) is 12.8 Å². The molecule has 2 fully saturated rings. The predicted octanol–water partition coefficient (Wildman–Crippen LogP) is 0.261. The molecule has 0 aromatic heterocycles. The highest BCUT2D eigenvalue weighted by Crippen LogP contribution is 2.41. The number of likely N-dealkylation sites (tertiary alicyclic amines) is 1. The minimum atomic E-state index is -0.931. The Labute approximate surface area is 105 Å². The topological polar surface area (TPSA) is 83.9 Å². The van der Waals surface area contributed by atoms with Crippen molar-refractivity contribution in [2.24, 2.45) is 11.8 Å². The van der Waals surface area contributed by atoms with Crippen LogP contribution in [0.4, 0.5) is 0 Å². The lowest BCUT2D eigenvalue weighted by molar-refractivity contribution is -0.155. The first-order chi connectivity index (χ1) is 8.56. The van der Waals surface area contributed by atoms with E-state index in [0.29, 0.717) is 19.4 Å². The first-order valence-electron chi connectivity index (χ1n) is 6.17. The number of carboxylic acid groups (broad SMARTS) is 1. The molecule has 100 valence electrons. The first kappa shape index (κ1) is 12.9. The Bertz CT molecular complexity index is 381. The molecular formula is C12H17NO5. The molecule has 0 aromatic carbocycles. The summed E-state index contributed by atoms with van der Waals surface area (Å²) in [6.07, 6.45) is 2.72. The molecule has 2 rings (SSSR count). The molecule has 0 aromatic rings. The Morgan fingerprint density at radius 2 is 1.94 bits per heavy atom. The summed E-state index contributed by atoms with van der Waals surface area (Å²) in [6.45, 7) is 0.515. The van der Waals surface area contributed by atoms with Crippen molar-refractivity contribution in [1.29, 1.82) is 0 Å². The van der Waals surface area contributed by atoms with Gasteiger partial charge >= 0.3 is 11.9 Å². The fraction of sp³-hybridized carbons (Fsp3) is 0.750. The summed E-state index contributed by atoms with van der Waals surface area (Å²) in [6, 6.07) is -0.536. The Kier molecular flexibility index (Phi) is 3.54. The van der Waals surface area contributed by atoms with Gasteiger partial charge in [-0.15, -0.1) is 0 Å². The molecule has 0 spiro atoms. The van der Waals surface area contributed by atoms with Crippen molar-refractivity contribution in [2.45, 2.75) is 31.7 Å². The lowest BCUT2D eigenvalue weighted by Gasteiger charge is -2.34. The van der Waals surface area contributed by atoms with Gasteiger partial charge in [0.15, 0.2) is 0 Å². The standard InChI is InChI=1S/C12H17NO5/c1-18-12(17)9-4-2-3-5-13(9)10(14)7-6-8(7)11(15)16/h7-9H,2-6H2,1H3,(H,15,16). The third kappa shape index (κ3) is 2.32. The molecule has 6 heteroatoms. The highest BCUT2D eigenvalue weighted by atomic mass is 16.5. The smallest absolute Gasteiger partial charge is 0.328 e. The van der Waals surface area contributed by atoms with Gasteiger partial charge in [0, 0.05) is 6.54 Å². The number of hydrogen-bond donors (Lipinski definition) is 1. The van der Waals surface area contributed by atoms with Gasteiger partial charge in [-0.3, -0.25) is 9.59 Å². The van der Waals surface area contributed by atoms with Crippen LogP contribution in [-0.4, -0.2) is 47.5 Å². The van der Waals surface area contributed by atoms with E-state index in [2.05, 4.69) is 0 Å². The maximum Gasteiger partial charge on any atom is 0.328 e. The largest absolute Gasteiger partial charge is 0.481 e. The molecule has 1 saturated carbocycles. The average Bonchev–Trinajstić information content (AvgIpc) is 3.17. The number of rotatable bonds is 3. The minimum absolute atomic E-state index is 0.211. The molecule has 3 unspecified atom stereocenters. The molecule has 1 saturated heterocycles. The molecule has 0 radical (unpaired) electrons. The lowest BCUT2D eigenvalue weighted by atomic mass is 10.0. The van der Waals surface area contributed by atoms with Crippen molar-refractivity contribution in [3.05, 3.63) is 0 Å². The fourth-order valence-electron chi connectivity index (χ4n) is 2.53. The molecule has 1 N–H and O–H groups in total. The molecule has 2 aliphatic rings. The molecule has 1 aliphatic carbocycles. The number of piperidine rings is 1. The summed E-state index contributed by atoms with van der Waals surface area (Å²) in [5.41, 5.74) is 0. The number of carbonyl (C=O) groups excluding carboxylic acids is 2. The summed E-state index contributed by atoms with van der Waals surface area (Å²) in [4.78, 5) is 36.0. The zero-order valence-corrected chi connectivity index (χ0v) is 10.3. The van der Waals surface area contributed by atoms with Crippen molar-refractivity contribution < 1.29 is 24.2 Å². The quantitative estimate of drug-likeness (QED) is 0.731. The van der Waals surface area contributed by atoms with Crippen LogP contribution in [0.1, 0.15) is 25.7 Å². The van der Waals surface area contributed by atoms with Gasteiger partial charge in [0.1, 0.15) is 6.04 Å². The second-order valence-electron chi connectivity index (χ2n) is 4.85. The van der Waals surface area contributed by atoms with E-state index in [4.69, 9.17) is 9.84 Å². The van der Waals surface area contributed by atoms with Crippen LogP contribution in [0.2, 0.25) is 0 Å². The maximum atomic E-state index is 12.2. The van der Waals surface area contributed by atoms with Gasteiger partial charge in [-0.2, -0.15) is 0 Å². The van der Waals surface area contributed by atoms with Crippen LogP contribution in [0.3, 0.4) is 0 Å². The van der Waals surface area contributed by atoms with Gasteiger partial charge in [-0.05, 0) is 25.7 Å². The third-order valence-corrected chi connectivity index (χ3v) is 3.68. The van der Waals surface area contributed by atoms with Gasteiger partial charge in [-0.1, -0.05) is 0 Å². The number of carbonyl (C=O) groups is 3. The molecule has 1 aliphatic heterocycles. The number of ether oxygens (including phenoxy) is 1. The van der Waals surface area contributed by atoms with Crippen LogP contribution in [-0.2, 0) is 19.1 Å². The van der Waals surface area contributed by atoms with Crippen LogP contribution in [0.15, 0.2) is 0 Å². The van der Waals surface area contributed by atoms with E-state index < -0.39 is 29.8 Å². The van der Waals surface area contributed by atoms with Crippen molar-refractivity contribution in [3.8, 4) is 0 Å². The number of esters is 1. The minimum Gasteiger partial charge on any atom is -0.481 e. The Morgan fingerprint density at radius 3 is 2.50 bits per heavy atom. The van der Waals surface area contributed by atoms with Gasteiger partial charge in [0.25, 0.3) is 0 Å². The van der Waals surface area contributed by atoms with Crippen LogP contribution >= 0.6 is 0 Å². The number of aliphatic carboxylic acids is 1. The van der Waals surface area contributed by atoms with Crippen LogP contribution in [0.25, 0.3) is 0 Å². The Hall–Kier alpha value is -1.59. The summed E-state index contributed by atoms with van der Waals surface area (Å²) >= 11 is 0. The average molecular weight is 255 g/mol. The number of methoxy groups -OCH3 is 1. The molecule has 18 heavy (non-hydrogen) atoms. The predicted molar refractivity (Wildman–Crippen MR) is 60.6 cm³/mol. The second-order valence-corrected chi connectivity index (χ2v) is 4.85. The summed E-state index contributed by atoms with van der Waals surface area (Å²) < 4.78 is 4.70. The molecule has 3 atom stereocenters. The summed E-state index contributed by atoms with van der Waals surface area (Å²) in [5, 5.41) is 8.83. The highest BCUT2D eigenvalue weighted by Gasteiger charge is 2.51. The van der Waals surface area contributed by atoms with Crippen molar-refractivity contribution in [1.82, 2.24) is 4.90 Å². The number of amides is 1. The highest BCUT2D eigenvalue weighted by molar-refractivity contribution is 5.92. The first-order valence-corrected chi connectivity index (χ1v) is 6.17. The maximum absolute atomic E-state index is 12.2.